The molecule has 0 aromatic heterocycles. The fourth-order valence-electron chi connectivity index (χ4n) is 1.24. The first kappa shape index (κ1) is 15.0. The van der Waals surface area contributed by atoms with Crippen molar-refractivity contribution in [3.05, 3.63) is 35.1 Å². The fraction of sp³-hybridized carbons (Fsp3) is 0.250. The Morgan fingerprint density at radius 3 is 2.63 bits per heavy atom. The number of alkyl halides is 3. The summed E-state index contributed by atoms with van der Waals surface area (Å²) in [6.45, 7) is -1.48. The van der Waals surface area contributed by atoms with Crippen LogP contribution in [0.15, 0.2) is 18.2 Å². The molecule has 0 aliphatic rings. The summed E-state index contributed by atoms with van der Waals surface area (Å²) in [4.78, 5) is 11.6. The number of benzene rings is 1. The molecule has 0 aliphatic carbocycles. The van der Waals surface area contributed by atoms with Crippen molar-refractivity contribution >= 4 is 5.91 Å². The standard InChI is InChI=1S/C12H10F4N2O/c13-9-4-3-8(2-1-5-17)10(6-9)11(19)18-7-12(14,15)16/h3-4,6H,5,7,17H2,(H,18,19). The van der Waals surface area contributed by atoms with Gasteiger partial charge in [-0.05, 0) is 18.2 Å². The van der Waals surface area contributed by atoms with E-state index in [0.29, 0.717) is 0 Å². The summed E-state index contributed by atoms with van der Waals surface area (Å²) in [7, 11) is 0. The summed E-state index contributed by atoms with van der Waals surface area (Å²) in [6.07, 6.45) is -4.54. The number of carbonyl (C=O) groups is 1. The van der Waals surface area contributed by atoms with E-state index in [4.69, 9.17) is 5.73 Å². The summed E-state index contributed by atoms with van der Waals surface area (Å²) in [6, 6.07) is 3.09. The average Bonchev–Trinajstić information content (AvgIpc) is 2.33. The van der Waals surface area contributed by atoms with Gasteiger partial charge in [-0.3, -0.25) is 4.79 Å². The van der Waals surface area contributed by atoms with Crippen LogP contribution in [0.1, 0.15) is 15.9 Å². The van der Waals surface area contributed by atoms with Crippen LogP contribution in [0.3, 0.4) is 0 Å². The second-order valence-corrected chi connectivity index (χ2v) is 3.49. The van der Waals surface area contributed by atoms with Gasteiger partial charge in [-0.2, -0.15) is 13.2 Å². The van der Waals surface area contributed by atoms with E-state index < -0.39 is 24.4 Å². The highest BCUT2D eigenvalue weighted by molar-refractivity contribution is 5.96. The SMILES string of the molecule is NCC#Cc1ccc(F)cc1C(=O)NCC(F)(F)F. The summed E-state index contributed by atoms with van der Waals surface area (Å²) < 4.78 is 49.0. The third kappa shape index (κ3) is 4.97. The zero-order chi connectivity index (χ0) is 14.5. The smallest absolute Gasteiger partial charge is 0.343 e. The number of carbonyl (C=O) groups excluding carboxylic acids is 1. The lowest BCUT2D eigenvalue weighted by molar-refractivity contribution is -0.123. The minimum Gasteiger partial charge on any atom is -0.343 e. The monoisotopic (exact) mass is 274 g/mol. The Labute approximate surface area is 106 Å². The molecule has 0 saturated carbocycles. The summed E-state index contributed by atoms with van der Waals surface area (Å²) in [5.41, 5.74) is 5.01. The van der Waals surface area contributed by atoms with Crippen molar-refractivity contribution in [2.24, 2.45) is 5.73 Å². The number of nitrogens with two attached hydrogens (primary N) is 1. The van der Waals surface area contributed by atoms with Crippen LogP contribution in [0, 0.1) is 17.7 Å². The molecule has 19 heavy (non-hydrogen) atoms. The molecule has 0 heterocycles. The predicted molar refractivity (Wildman–Crippen MR) is 60.7 cm³/mol. The molecule has 0 spiro atoms. The van der Waals surface area contributed by atoms with Crippen LogP contribution < -0.4 is 11.1 Å². The van der Waals surface area contributed by atoms with Crippen molar-refractivity contribution in [2.75, 3.05) is 13.1 Å². The van der Waals surface area contributed by atoms with Gasteiger partial charge in [-0.25, -0.2) is 4.39 Å². The molecule has 0 aliphatic heterocycles. The number of rotatable bonds is 2. The number of hydrogen-bond donors (Lipinski definition) is 2. The fourth-order valence-corrected chi connectivity index (χ4v) is 1.24. The first-order valence-electron chi connectivity index (χ1n) is 5.17. The summed E-state index contributed by atoms with van der Waals surface area (Å²) >= 11 is 0. The molecule has 1 aromatic carbocycles. The van der Waals surface area contributed by atoms with E-state index in [1.54, 1.807) is 5.32 Å². The molecular weight excluding hydrogens is 264 g/mol. The quantitative estimate of drug-likeness (QED) is 0.633. The Morgan fingerprint density at radius 2 is 2.05 bits per heavy atom. The van der Waals surface area contributed by atoms with Gasteiger partial charge in [0.1, 0.15) is 12.4 Å². The van der Waals surface area contributed by atoms with Crippen molar-refractivity contribution in [3.63, 3.8) is 0 Å². The normalized spacial score (nSPS) is 10.6. The predicted octanol–water partition coefficient (Wildman–Crippen LogP) is 1.43. The molecule has 1 aromatic rings. The van der Waals surface area contributed by atoms with E-state index in [0.717, 1.165) is 12.1 Å². The molecule has 0 atom stereocenters. The number of amides is 1. The first-order valence-corrected chi connectivity index (χ1v) is 5.17. The summed E-state index contributed by atoms with van der Waals surface area (Å²) in [5, 5.41) is 1.65. The lowest BCUT2D eigenvalue weighted by Crippen LogP contribution is -2.34. The van der Waals surface area contributed by atoms with Crippen LogP contribution in [-0.2, 0) is 0 Å². The van der Waals surface area contributed by atoms with E-state index in [1.807, 2.05) is 0 Å². The van der Waals surface area contributed by atoms with Gasteiger partial charge in [0.05, 0.1) is 12.1 Å². The Kier molecular flexibility index (Phi) is 4.89. The molecule has 0 unspecified atom stereocenters. The van der Waals surface area contributed by atoms with Crippen molar-refractivity contribution < 1.29 is 22.4 Å². The van der Waals surface area contributed by atoms with Crippen LogP contribution in [0.4, 0.5) is 17.6 Å². The lowest BCUT2D eigenvalue weighted by atomic mass is 10.1. The van der Waals surface area contributed by atoms with Crippen molar-refractivity contribution in [3.8, 4) is 11.8 Å². The third-order valence-corrected chi connectivity index (χ3v) is 2.00. The molecule has 7 heteroatoms. The Hall–Kier alpha value is -2.07. The van der Waals surface area contributed by atoms with Crippen LogP contribution in [0.2, 0.25) is 0 Å². The highest BCUT2D eigenvalue weighted by Crippen LogP contribution is 2.14. The van der Waals surface area contributed by atoms with Gasteiger partial charge in [-0.1, -0.05) is 11.8 Å². The molecule has 1 amide bonds. The maximum Gasteiger partial charge on any atom is 0.405 e. The highest BCUT2D eigenvalue weighted by Gasteiger charge is 2.28. The van der Waals surface area contributed by atoms with E-state index in [9.17, 15) is 22.4 Å². The van der Waals surface area contributed by atoms with Gasteiger partial charge in [0.15, 0.2) is 0 Å². The number of hydrogen-bond acceptors (Lipinski definition) is 2. The Bertz CT molecular complexity index is 529. The average molecular weight is 274 g/mol. The van der Waals surface area contributed by atoms with E-state index in [-0.39, 0.29) is 17.7 Å². The Balaban J connectivity index is 2.97. The lowest BCUT2D eigenvalue weighted by Gasteiger charge is -2.09. The molecule has 102 valence electrons. The van der Waals surface area contributed by atoms with E-state index >= 15 is 0 Å². The van der Waals surface area contributed by atoms with Gasteiger partial charge < -0.3 is 11.1 Å². The molecular formula is C12H10F4N2O. The van der Waals surface area contributed by atoms with Crippen molar-refractivity contribution in [1.82, 2.24) is 5.32 Å². The highest BCUT2D eigenvalue weighted by atomic mass is 19.4. The largest absolute Gasteiger partial charge is 0.405 e. The zero-order valence-electron chi connectivity index (χ0n) is 9.64. The summed E-state index contributed by atoms with van der Waals surface area (Å²) in [5.74, 6) is 3.16. The van der Waals surface area contributed by atoms with Crippen LogP contribution in [0.25, 0.3) is 0 Å². The molecule has 3 N–H and O–H groups in total. The van der Waals surface area contributed by atoms with Crippen molar-refractivity contribution in [2.45, 2.75) is 6.18 Å². The van der Waals surface area contributed by atoms with Gasteiger partial charge >= 0.3 is 6.18 Å². The van der Waals surface area contributed by atoms with Crippen LogP contribution in [0.5, 0.6) is 0 Å². The van der Waals surface area contributed by atoms with Gasteiger partial charge in [0.2, 0.25) is 0 Å². The maximum absolute atomic E-state index is 13.0. The zero-order valence-corrected chi connectivity index (χ0v) is 9.64. The number of halogens is 4. The topological polar surface area (TPSA) is 55.1 Å². The molecule has 0 fully saturated rings. The second kappa shape index (κ2) is 6.20. The Morgan fingerprint density at radius 1 is 1.37 bits per heavy atom. The third-order valence-electron chi connectivity index (χ3n) is 2.00. The molecule has 0 radical (unpaired) electrons. The van der Waals surface area contributed by atoms with E-state index in [1.165, 1.54) is 6.07 Å². The van der Waals surface area contributed by atoms with Gasteiger partial charge in [0.25, 0.3) is 5.91 Å². The van der Waals surface area contributed by atoms with E-state index in [2.05, 4.69) is 11.8 Å². The molecule has 3 nitrogen and oxygen atoms in total. The minimum absolute atomic E-state index is 0.0149. The number of nitrogens with one attached hydrogen (secondary N) is 1. The van der Waals surface area contributed by atoms with Crippen molar-refractivity contribution in [1.29, 1.82) is 0 Å². The maximum atomic E-state index is 13.0. The van der Waals surface area contributed by atoms with Crippen LogP contribution >= 0.6 is 0 Å². The van der Waals surface area contributed by atoms with Crippen LogP contribution in [-0.4, -0.2) is 25.2 Å². The van der Waals surface area contributed by atoms with Gasteiger partial charge in [-0.15, -0.1) is 0 Å². The first-order chi connectivity index (χ1) is 8.83. The van der Waals surface area contributed by atoms with Gasteiger partial charge in [0, 0.05) is 5.56 Å². The molecule has 1 rings (SSSR count). The minimum atomic E-state index is -4.54. The second-order valence-electron chi connectivity index (χ2n) is 3.49. The molecule has 0 bridgehead atoms. The molecule has 0 saturated heterocycles.